The fourth-order valence-electron chi connectivity index (χ4n) is 1.39. The van der Waals surface area contributed by atoms with Crippen LogP contribution < -0.4 is 5.32 Å². The van der Waals surface area contributed by atoms with Crippen molar-refractivity contribution in [1.82, 2.24) is 0 Å². The Morgan fingerprint density at radius 2 is 1.89 bits per heavy atom. The molecular formula is C13H16BrNO4. The lowest BCUT2D eigenvalue weighted by Gasteiger charge is -2.20. The Labute approximate surface area is 120 Å². The second-order valence-electron chi connectivity index (χ2n) is 5.05. The van der Waals surface area contributed by atoms with Gasteiger partial charge in [-0.3, -0.25) is 5.32 Å². The number of rotatable bonds is 2. The van der Waals surface area contributed by atoms with Crippen molar-refractivity contribution in [2.45, 2.75) is 33.3 Å². The standard InChI is InChI=1S/C13H16BrNO4/c1-7-5-6-8(11(16)17)10(9(7)14)15-12(18)19-13(2,3)4/h5-6H,1-4H3,(H,15,18)(H,16,17). The molecule has 0 aromatic heterocycles. The van der Waals surface area contributed by atoms with Gasteiger partial charge >= 0.3 is 12.1 Å². The highest BCUT2D eigenvalue weighted by Crippen LogP contribution is 2.30. The molecule has 1 aromatic rings. The Kier molecular flexibility index (Phi) is 4.57. The first-order chi connectivity index (χ1) is 8.61. The van der Waals surface area contributed by atoms with Crippen molar-refractivity contribution in [3.63, 3.8) is 0 Å². The summed E-state index contributed by atoms with van der Waals surface area (Å²) in [5.74, 6) is -1.12. The number of nitrogens with one attached hydrogen (secondary N) is 1. The second-order valence-corrected chi connectivity index (χ2v) is 5.84. The number of carboxylic acid groups (broad SMARTS) is 1. The maximum absolute atomic E-state index is 11.7. The maximum Gasteiger partial charge on any atom is 0.412 e. The predicted molar refractivity (Wildman–Crippen MR) is 75.7 cm³/mol. The number of aromatic carboxylic acids is 1. The monoisotopic (exact) mass is 329 g/mol. The smallest absolute Gasteiger partial charge is 0.412 e. The van der Waals surface area contributed by atoms with Crippen molar-refractivity contribution in [2.24, 2.45) is 0 Å². The summed E-state index contributed by atoms with van der Waals surface area (Å²) in [5, 5.41) is 11.6. The normalized spacial score (nSPS) is 11.0. The molecule has 5 nitrogen and oxygen atoms in total. The zero-order chi connectivity index (χ0) is 14.8. The highest BCUT2D eigenvalue weighted by Gasteiger charge is 2.21. The molecule has 2 N–H and O–H groups in total. The first-order valence-electron chi connectivity index (χ1n) is 5.64. The Morgan fingerprint density at radius 3 is 2.37 bits per heavy atom. The number of carboxylic acids is 1. The molecule has 0 saturated carbocycles. The number of carbonyl (C=O) groups is 2. The molecular weight excluding hydrogens is 314 g/mol. The Bertz CT molecular complexity index is 520. The fourth-order valence-corrected chi connectivity index (χ4v) is 1.83. The van der Waals surface area contributed by atoms with Crippen molar-refractivity contribution in [1.29, 1.82) is 0 Å². The summed E-state index contributed by atoms with van der Waals surface area (Å²) in [4.78, 5) is 22.9. The van der Waals surface area contributed by atoms with Crippen LogP contribution in [0.25, 0.3) is 0 Å². The van der Waals surface area contributed by atoms with Gasteiger partial charge in [-0.25, -0.2) is 9.59 Å². The molecule has 104 valence electrons. The number of anilines is 1. The van der Waals surface area contributed by atoms with Crippen LogP contribution in [0.2, 0.25) is 0 Å². The van der Waals surface area contributed by atoms with Gasteiger partial charge in [0, 0.05) is 4.47 Å². The highest BCUT2D eigenvalue weighted by atomic mass is 79.9. The van der Waals surface area contributed by atoms with Crippen LogP contribution in [0.1, 0.15) is 36.7 Å². The predicted octanol–water partition coefficient (Wildman–Crippen LogP) is 3.80. The van der Waals surface area contributed by atoms with Crippen LogP contribution in [-0.2, 0) is 4.74 Å². The molecule has 0 saturated heterocycles. The van der Waals surface area contributed by atoms with Gasteiger partial charge in [-0.2, -0.15) is 0 Å². The van der Waals surface area contributed by atoms with Crippen molar-refractivity contribution in [2.75, 3.05) is 5.32 Å². The average molecular weight is 330 g/mol. The van der Waals surface area contributed by atoms with Crippen LogP contribution in [0.5, 0.6) is 0 Å². The van der Waals surface area contributed by atoms with Gasteiger partial charge in [0.25, 0.3) is 0 Å². The number of amides is 1. The van der Waals surface area contributed by atoms with E-state index in [2.05, 4.69) is 21.2 Å². The molecule has 19 heavy (non-hydrogen) atoms. The molecule has 0 aliphatic heterocycles. The number of aryl methyl sites for hydroxylation is 1. The third-order valence-electron chi connectivity index (χ3n) is 2.19. The van der Waals surface area contributed by atoms with Gasteiger partial charge in [-0.1, -0.05) is 6.07 Å². The van der Waals surface area contributed by atoms with Gasteiger partial charge < -0.3 is 9.84 Å². The number of hydrogen-bond donors (Lipinski definition) is 2. The van der Waals surface area contributed by atoms with E-state index in [4.69, 9.17) is 9.84 Å². The third kappa shape index (κ3) is 4.24. The van der Waals surface area contributed by atoms with Gasteiger partial charge in [-0.05, 0) is 55.3 Å². The molecule has 0 bridgehead atoms. The Balaban J connectivity index is 3.09. The lowest BCUT2D eigenvalue weighted by atomic mass is 10.1. The van der Waals surface area contributed by atoms with Gasteiger partial charge in [0.15, 0.2) is 0 Å². The van der Waals surface area contributed by atoms with E-state index in [-0.39, 0.29) is 11.3 Å². The summed E-state index contributed by atoms with van der Waals surface area (Å²) < 4.78 is 5.63. The minimum atomic E-state index is -1.12. The summed E-state index contributed by atoms with van der Waals surface area (Å²) in [5.41, 5.74) is 0.366. The van der Waals surface area contributed by atoms with Crippen LogP contribution in [0.15, 0.2) is 16.6 Å². The topological polar surface area (TPSA) is 75.6 Å². The summed E-state index contributed by atoms with van der Waals surface area (Å²) in [6, 6.07) is 3.10. The number of halogens is 1. The van der Waals surface area contributed by atoms with Crippen molar-refractivity contribution >= 4 is 33.7 Å². The van der Waals surface area contributed by atoms with Crippen LogP contribution in [0.3, 0.4) is 0 Å². The molecule has 0 aliphatic carbocycles. The van der Waals surface area contributed by atoms with Gasteiger partial charge in [0.05, 0.1) is 11.3 Å². The molecule has 0 unspecified atom stereocenters. The first kappa shape index (κ1) is 15.5. The Morgan fingerprint density at radius 1 is 1.32 bits per heavy atom. The van der Waals surface area contributed by atoms with Crippen LogP contribution in [0.4, 0.5) is 10.5 Å². The van der Waals surface area contributed by atoms with E-state index < -0.39 is 17.7 Å². The van der Waals surface area contributed by atoms with Crippen LogP contribution >= 0.6 is 15.9 Å². The van der Waals surface area contributed by atoms with Gasteiger partial charge in [0.1, 0.15) is 5.60 Å². The number of carbonyl (C=O) groups excluding carboxylic acids is 1. The van der Waals surface area contributed by atoms with E-state index in [9.17, 15) is 9.59 Å². The van der Waals surface area contributed by atoms with Crippen molar-refractivity contribution in [3.05, 3.63) is 27.7 Å². The molecule has 1 amide bonds. The first-order valence-corrected chi connectivity index (χ1v) is 6.43. The molecule has 0 atom stereocenters. The lowest BCUT2D eigenvalue weighted by molar-refractivity contribution is 0.0636. The zero-order valence-electron chi connectivity index (χ0n) is 11.2. The minimum Gasteiger partial charge on any atom is -0.478 e. The van der Waals surface area contributed by atoms with Gasteiger partial charge in [-0.15, -0.1) is 0 Å². The SMILES string of the molecule is Cc1ccc(C(=O)O)c(NC(=O)OC(C)(C)C)c1Br. The molecule has 1 aromatic carbocycles. The molecule has 1 rings (SSSR count). The number of hydrogen-bond acceptors (Lipinski definition) is 3. The summed E-state index contributed by atoms with van der Waals surface area (Å²) in [7, 11) is 0. The summed E-state index contributed by atoms with van der Waals surface area (Å²) >= 11 is 3.27. The molecule has 0 fully saturated rings. The molecule has 0 heterocycles. The zero-order valence-corrected chi connectivity index (χ0v) is 12.8. The fraction of sp³-hybridized carbons (Fsp3) is 0.385. The summed E-state index contributed by atoms with van der Waals surface area (Å²) in [6.07, 6.45) is -0.693. The lowest BCUT2D eigenvalue weighted by Crippen LogP contribution is -2.28. The van der Waals surface area contributed by atoms with E-state index in [1.807, 2.05) is 0 Å². The largest absolute Gasteiger partial charge is 0.478 e. The quantitative estimate of drug-likeness (QED) is 0.865. The third-order valence-corrected chi connectivity index (χ3v) is 3.21. The second kappa shape index (κ2) is 5.61. The van der Waals surface area contributed by atoms with E-state index >= 15 is 0 Å². The van der Waals surface area contributed by atoms with Gasteiger partial charge in [0.2, 0.25) is 0 Å². The van der Waals surface area contributed by atoms with E-state index in [0.29, 0.717) is 4.47 Å². The van der Waals surface area contributed by atoms with E-state index in [0.717, 1.165) is 5.56 Å². The molecule has 6 heteroatoms. The minimum absolute atomic E-state index is 0.00309. The van der Waals surface area contributed by atoms with Crippen molar-refractivity contribution in [3.8, 4) is 0 Å². The van der Waals surface area contributed by atoms with Crippen LogP contribution in [0, 0.1) is 6.92 Å². The van der Waals surface area contributed by atoms with E-state index in [1.165, 1.54) is 6.07 Å². The number of ether oxygens (including phenoxy) is 1. The molecule has 0 aliphatic rings. The van der Waals surface area contributed by atoms with Crippen LogP contribution in [-0.4, -0.2) is 22.8 Å². The van der Waals surface area contributed by atoms with E-state index in [1.54, 1.807) is 33.8 Å². The maximum atomic E-state index is 11.7. The molecule has 0 radical (unpaired) electrons. The van der Waals surface area contributed by atoms with Crippen molar-refractivity contribution < 1.29 is 19.4 Å². The highest BCUT2D eigenvalue weighted by molar-refractivity contribution is 9.10. The summed E-state index contributed by atoms with van der Waals surface area (Å²) in [6.45, 7) is 7.00. The Hall–Kier alpha value is -1.56. The molecule has 0 spiro atoms. The average Bonchev–Trinajstić information content (AvgIpc) is 2.21. The number of benzene rings is 1.